The predicted molar refractivity (Wildman–Crippen MR) is 67.2 cm³/mol. The van der Waals surface area contributed by atoms with Gasteiger partial charge in [0.2, 0.25) is 5.91 Å². The molecule has 2 unspecified atom stereocenters. The maximum absolute atomic E-state index is 10.6. The minimum absolute atomic E-state index is 0.0480. The molecule has 0 saturated heterocycles. The number of nitrogens with one attached hydrogen (secondary N) is 2. The smallest absolute Gasteiger partial charge is 0.216 e. The molecule has 0 fully saturated rings. The summed E-state index contributed by atoms with van der Waals surface area (Å²) in [5, 5.41) is 6.20. The molecule has 0 spiro atoms. The standard InChI is InChI=1S/C13H24N2O/c1-10-6-11(2)8-13(7-10)9-14-4-5-15-12(3)16/h6,10,13-14H,4-5,7-9H2,1-3H3,(H,15,16). The van der Waals surface area contributed by atoms with E-state index in [9.17, 15) is 4.79 Å². The molecule has 2 N–H and O–H groups in total. The van der Waals surface area contributed by atoms with E-state index in [2.05, 4.69) is 30.6 Å². The number of carbonyl (C=O) groups is 1. The first-order chi connectivity index (χ1) is 7.58. The van der Waals surface area contributed by atoms with Gasteiger partial charge in [0.15, 0.2) is 0 Å². The van der Waals surface area contributed by atoms with E-state index in [1.807, 2.05) is 0 Å². The van der Waals surface area contributed by atoms with Crippen molar-refractivity contribution in [3.05, 3.63) is 11.6 Å². The molecule has 3 nitrogen and oxygen atoms in total. The number of rotatable bonds is 5. The van der Waals surface area contributed by atoms with Crippen LogP contribution in [0.3, 0.4) is 0 Å². The molecule has 92 valence electrons. The van der Waals surface area contributed by atoms with E-state index in [1.165, 1.54) is 18.4 Å². The molecule has 2 atom stereocenters. The van der Waals surface area contributed by atoms with Gasteiger partial charge in [-0.05, 0) is 38.1 Å². The molecule has 1 rings (SSSR count). The van der Waals surface area contributed by atoms with Gasteiger partial charge in [0.05, 0.1) is 0 Å². The zero-order valence-corrected chi connectivity index (χ0v) is 10.7. The predicted octanol–water partition coefficient (Wildman–Crippen LogP) is 1.70. The quantitative estimate of drug-likeness (QED) is 0.551. The highest BCUT2D eigenvalue weighted by atomic mass is 16.1. The van der Waals surface area contributed by atoms with Gasteiger partial charge in [0.1, 0.15) is 0 Å². The Morgan fingerprint density at radius 1 is 1.50 bits per heavy atom. The third-order valence-corrected chi connectivity index (χ3v) is 2.99. The number of allylic oxidation sites excluding steroid dienone is 2. The second-order valence-corrected chi connectivity index (χ2v) is 4.98. The van der Waals surface area contributed by atoms with Crippen molar-refractivity contribution in [2.45, 2.75) is 33.6 Å². The Morgan fingerprint density at radius 3 is 2.88 bits per heavy atom. The number of amides is 1. The fourth-order valence-corrected chi connectivity index (χ4v) is 2.47. The van der Waals surface area contributed by atoms with E-state index >= 15 is 0 Å². The van der Waals surface area contributed by atoms with Crippen LogP contribution in [0.5, 0.6) is 0 Å². The minimum Gasteiger partial charge on any atom is -0.355 e. The Balaban J connectivity index is 2.10. The summed E-state index contributed by atoms with van der Waals surface area (Å²) in [4.78, 5) is 10.6. The molecule has 1 amide bonds. The number of carbonyl (C=O) groups excluding carboxylic acids is 1. The van der Waals surface area contributed by atoms with E-state index < -0.39 is 0 Å². The average molecular weight is 224 g/mol. The fourth-order valence-electron chi connectivity index (χ4n) is 2.47. The normalized spacial score (nSPS) is 25.1. The maximum Gasteiger partial charge on any atom is 0.216 e. The van der Waals surface area contributed by atoms with Gasteiger partial charge in [0.25, 0.3) is 0 Å². The van der Waals surface area contributed by atoms with Gasteiger partial charge in [-0.3, -0.25) is 4.79 Å². The third kappa shape index (κ3) is 5.31. The van der Waals surface area contributed by atoms with Crippen LogP contribution in [0.25, 0.3) is 0 Å². The molecular formula is C13H24N2O. The summed E-state index contributed by atoms with van der Waals surface area (Å²) >= 11 is 0. The monoisotopic (exact) mass is 224 g/mol. The van der Waals surface area contributed by atoms with Gasteiger partial charge in [-0.15, -0.1) is 0 Å². The minimum atomic E-state index is 0.0480. The molecule has 0 heterocycles. The van der Waals surface area contributed by atoms with E-state index in [1.54, 1.807) is 6.92 Å². The first-order valence-corrected chi connectivity index (χ1v) is 6.20. The molecule has 1 aliphatic carbocycles. The zero-order valence-electron chi connectivity index (χ0n) is 10.7. The van der Waals surface area contributed by atoms with Crippen LogP contribution < -0.4 is 10.6 Å². The van der Waals surface area contributed by atoms with Crippen molar-refractivity contribution < 1.29 is 4.79 Å². The summed E-state index contributed by atoms with van der Waals surface area (Å²) in [6.45, 7) is 8.72. The van der Waals surface area contributed by atoms with Crippen molar-refractivity contribution in [2.75, 3.05) is 19.6 Å². The largest absolute Gasteiger partial charge is 0.355 e. The van der Waals surface area contributed by atoms with Crippen LogP contribution in [-0.2, 0) is 4.79 Å². The second kappa shape index (κ2) is 6.69. The van der Waals surface area contributed by atoms with Crippen LogP contribution in [0, 0.1) is 11.8 Å². The molecule has 0 aliphatic heterocycles. The Kier molecular flexibility index (Phi) is 5.53. The van der Waals surface area contributed by atoms with Crippen molar-refractivity contribution in [1.29, 1.82) is 0 Å². The fraction of sp³-hybridized carbons (Fsp3) is 0.769. The molecule has 0 aromatic rings. The van der Waals surface area contributed by atoms with E-state index in [-0.39, 0.29) is 5.91 Å². The van der Waals surface area contributed by atoms with Crippen LogP contribution in [-0.4, -0.2) is 25.5 Å². The lowest BCUT2D eigenvalue weighted by Crippen LogP contribution is -2.33. The Hall–Kier alpha value is -0.830. The SMILES string of the molecule is CC(=O)NCCNCC1CC(C)=CC(C)C1. The summed E-state index contributed by atoms with van der Waals surface area (Å²) in [7, 11) is 0. The highest BCUT2D eigenvalue weighted by Crippen LogP contribution is 2.26. The summed E-state index contributed by atoms with van der Waals surface area (Å²) in [5.41, 5.74) is 1.52. The topological polar surface area (TPSA) is 41.1 Å². The molecule has 16 heavy (non-hydrogen) atoms. The molecule has 1 aliphatic rings. The first-order valence-electron chi connectivity index (χ1n) is 6.20. The summed E-state index contributed by atoms with van der Waals surface area (Å²) < 4.78 is 0. The number of hydrogen-bond acceptors (Lipinski definition) is 2. The number of hydrogen-bond donors (Lipinski definition) is 2. The van der Waals surface area contributed by atoms with E-state index in [0.717, 1.165) is 31.5 Å². The maximum atomic E-state index is 10.6. The Bertz CT molecular complexity index is 261. The molecule has 0 radical (unpaired) electrons. The summed E-state index contributed by atoms with van der Waals surface area (Å²) in [6.07, 6.45) is 4.88. The van der Waals surface area contributed by atoms with Crippen molar-refractivity contribution in [3.63, 3.8) is 0 Å². The third-order valence-electron chi connectivity index (χ3n) is 2.99. The van der Waals surface area contributed by atoms with Crippen molar-refractivity contribution in [3.8, 4) is 0 Å². The lowest BCUT2D eigenvalue weighted by molar-refractivity contribution is -0.118. The van der Waals surface area contributed by atoms with Gasteiger partial charge in [-0.1, -0.05) is 18.6 Å². The van der Waals surface area contributed by atoms with Gasteiger partial charge in [-0.25, -0.2) is 0 Å². The van der Waals surface area contributed by atoms with Gasteiger partial charge in [-0.2, -0.15) is 0 Å². The van der Waals surface area contributed by atoms with E-state index in [0.29, 0.717) is 0 Å². The average Bonchev–Trinajstić information content (AvgIpc) is 2.15. The molecule has 0 aromatic carbocycles. The van der Waals surface area contributed by atoms with Crippen molar-refractivity contribution in [1.82, 2.24) is 10.6 Å². The molecule has 0 bridgehead atoms. The lowest BCUT2D eigenvalue weighted by atomic mass is 9.84. The van der Waals surface area contributed by atoms with Crippen LogP contribution in [0.2, 0.25) is 0 Å². The van der Waals surface area contributed by atoms with Crippen molar-refractivity contribution >= 4 is 5.91 Å². The van der Waals surface area contributed by atoms with Gasteiger partial charge >= 0.3 is 0 Å². The van der Waals surface area contributed by atoms with Crippen LogP contribution in [0.1, 0.15) is 33.6 Å². The Labute approximate surface area is 98.7 Å². The van der Waals surface area contributed by atoms with Gasteiger partial charge < -0.3 is 10.6 Å². The van der Waals surface area contributed by atoms with Crippen LogP contribution in [0.15, 0.2) is 11.6 Å². The molecule has 3 heteroatoms. The second-order valence-electron chi connectivity index (χ2n) is 4.98. The highest BCUT2D eigenvalue weighted by Gasteiger charge is 2.17. The lowest BCUT2D eigenvalue weighted by Gasteiger charge is -2.25. The van der Waals surface area contributed by atoms with E-state index in [4.69, 9.17) is 0 Å². The molecular weight excluding hydrogens is 200 g/mol. The molecule has 0 aromatic heterocycles. The first kappa shape index (κ1) is 13.2. The summed E-state index contributed by atoms with van der Waals surface area (Å²) in [5.74, 6) is 1.53. The highest BCUT2D eigenvalue weighted by molar-refractivity contribution is 5.72. The van der Waals surface area contributed by atoms with Crippen molar-refractivity contribution in [2.24, 2.45) is 11.8 Å². The summed E-state index contributed by atoms with van der Waals surface area (Å²) in [6, 6.07) is 0. The van der Waals surface area contributed by atoms with Crippen LogP contribution in [0.4, 0.5) is 0 Å². The Morgan fingerprint density at radius 2 is 2.25 bits per heavy atom. The molecule has 0 saturated carbocycles. The van der Waals surface area contributed by atoms with Crippen LogP contribution >= 0.6 is 0 Å². The van der Waals surface area contributed by atoms with Gasteiger partial charge in [0, 0.05) is 20.0 Å². The zero-order chi connectivity index (χ0) is 12.0.